The summed E-state index contributed by atoms with van der Waals surface area (Å²) in [6.07, 6.45) is 13.4. The summed E-state index contributed by atoms with van der Waals surface area (Å²) in [4.78, 5) is 13.1. The molecule has 0 aromatic carbocycles. The molecule has 1 aromatic heterocycles. The predicted octanol–water partition coefficient (Wildman–Crippen LogP) is 2.05. The number of aromatic nitrogens is 2. The van der Waals surface area contributed by atoms with Crippen LogP contribution in [-0.4, -0.2) is 34.8 Å². The van der Waals surface area contributed by atoms with Crippen molar-refractivity contribution in [3.8, 4) is 0 Å². The standard InChI is InChI=1S/C18H28N4O/c23-17(21-16-13-15(16)14-5-2-1-3-6-14)18(7-10-19-11-8-18)22-12-4-9-20-22/h4,9,12,14-16,19H,1-3,5-8,10-11,13H2,(H,21,23). The normalized spacial score (nSPS) is 30.8. The molecule has 2 N–H and O–H groups in total. The highest BCUT2D eigenvalue weighted by atomic mass is 16.2. The molecule has 2 heterocycles. The van der Waals surface area contributed by atoms with Crippen LogP contribution in [0.2, 0.25) is 0 Å². The number of nitrogens with one attached hydrogen (secondary N) is 2. The third-order valence-corrected chi connectivity index (χ3v) is 6.21. The van der Waals surface area contributed by atoms with Gasteiger partial charge in [-0.05, 0) is 50.3 Å². The second-order valence-electron chi connectivity index (χ2n) is 7.61. The number of piperidine rings is 1. The summed E-state index contributed by atoms with van der Waals surface area (Å²) < 4.78 is 1.89. The summed E-state index contributed by atoms with van der Waals surface area (Å²) in [5, 5.41) is 11.1. The maximum Gasteiger partial charge on any atom is 0.248 e. The minimum atomic E-state index is -0.492. The molecule has 0 bridgehead atoms. The fourth-order valence-electron chi connectivity index (χ4n) is 4.69. The van der Waals surface area contributed by atoms with E-state index in [1.807, 2.05) is 16.9 Å². The Kier molecular flexibility index (Phi) is 4.14. The van der Waals surface area contributed by atoms with E-state index >= 15 is 0 Å². The number of hydrogen-bond donors (Lipinski definition) is 2. The third-order valence-electron chi connectivity index (χ3n) is 6.21. The van der Waals surface area contributed by atoms with E-state index in [0.717, 1.165) is 37.8 Å². The van der Waals surface area contributed by atoms with Crippen LogP contribution < -0.4 is 10.6 Å². The molecule has 126 valence electrons. The van der Waals surface area contributed by atoms with Crippen molar-refractivity contribution in [1.29, 1.82) is 0 Å². The molecule has 5 heteroatoms. The zero-order valence-electron chi connectivity index (χ0n) is 13.8. The quantitative estimate of drug-likeness (QED) is 0.894. The van der Waals surface area contributed by atoms with E-state index in [2.05, 4.69) is 15.7 Å². The number of nitrogens with zero attached hydrogens (tertiary/aromatic N) is 2. The fourth-order valence-corrected chi connectivity index (χ4v) is 4.69. The van der Waals surface area contributed by atoms with Gasteiger partial charge in [0.25, 0.3) is 0 Å². The van der Waals surface area contributed by atoms with Crippen molar-refractivity contribution in [2.45, 2.75) is 62.9 Å². The van der Waals surface area contributed by atoms with Crippen molar-refractivity contribution in [3.63, 3.8) is 0 Å². The van der Waals surface area contributed by atoms with Crippen molar-refractivity contribution < 1.29 is 4.79 Å². The average Bonchev–Trinajstić information content (AvgIpc) is 3.14. The molecule has 1 saturated heterocycles. The molecule has 2 atom stereocenters. The summed E-state index contributed by atoms with van der Waals surface area (Å²) in [5.74, 6) is 1.77. The van der Waals surface area contributed by atoms with Gasteiger partial charge in [0.15, 0.2) is 0 Å². The van der Waals surface area contributed by atoms with Crippen LogP contribution in [-0.2, 0) is 10.3 Å². The molecule has 3 aliphatic rings. The molecule has 3 fully saturated rings. The number of carbonyl (C=O) groups is 1. The number of amides is 1. The van der Waals surface area contributed by atoms with Gasteiger partial charge in [0, 0.05) is 18.4 Å². The molecule has 2 saturated carbocycles. The lowest BCUT2D eigenvalue weighted by Gasteiger charge is -2.36. The Morgan fingerprint density at radius 3 is 2.70 bits per heavy atom. The van der Waals surface area contributed by atoms with Crippen LogP contribution in [0.25, 0.3) is 0 Å². The Morgan fingerprint density at radius 2 is 2.00 bits per heavy atom. The Morgan fingerprint density at radius 1 is 1.22 bits per heavy atom. The number of carbonyl (C=O) groups excluding carboxylic acids is 1. The van der Waals surface area contributed by atoms with Gasteiger partial charge in [-0.1, -0.05) is 32.1 Å². The van der Waals surface area contributed by atoms with E-state index in [1.165, 1.54) is 38.5 Å². The van der Waals surface area contributed by atoms with Crippen molar-refractivity contribution in [1.82, 2.24) is 20.4 Å². The molecule has 23 heavy (non-hydrogen) atoms. The molecule has 5 nitrogen and oxygen atoms in total. The molecule has 0 spiro atoms. The lowest BCUT2D eigenvalue weighted by atomic mass is 9.85. The molecular formula is C18H28N4O. The highest BCUT2D eigenvalue weighted by Crippen LogP contribution is 2.44. The molecule has 1 aliphatic heterocycles. The Hall–Kier alpha value is -1.36. The third kappa shape index (κ3) is 2.91. The monoisotopic (exact) mass is 316 g/mol. The molecule has 1 amide bonds. The van der Waals surface area contributed by atoms with Gasteiger partial charge in [-0.25, -0.2) is 0 Å². The highest BCUT2D eigenvalue weighted by Gasteiger charge is 2.48. The molecule has 0 radical (unpaired) electrons. The summed E-state index contributed by atoms with van der Waals surface area (Å²) >= 11 is 0. The zero-order chi connectivity index (χ0) is 15.7. The summed E-state index contributed by atoms with van der Waals surface area (Å²) in [6, 6.07) is 2.33. The van der Waals surface area contributed by atoms with Crippen molar-refractivity contribution >= 4 is 5.91 Å². The van der Waals surface area contributed by atoms with E-state index < -0.39 is 5.54 Å². The first-order valence-corrected chi connectivity index (χ1v) is 9.31. The van der Waals surface area contributed by atoms with Crippen molar-refractivity contribution in [2.24, 2.45) is 11.8 Å². The van der Waals surface area contributed by atoms with Crippen LogP contribution in [0.15, 0.2) is 18.5 Å². The SMILES string of the molecule is O=C(NC1CC1C1CCCCC1)C1(n2cccn2)CCNCC1. The second kappa shape index (κ2) is 6.27. The van der Waals surface area contributed by atoms with Gasteiger partial charge in [-0.3, -0.25) is 9.48 Å². The lowest BCUT2D eigenvalue weighted by molar-refractivity contribution is -0.132. The van der Waals surface area contributed by atoms with Gasteiger partial charge in [0.2, 0.25) is 5.91 Å². The Bertz CT molecular complexity index is 529. The van der Waals surface area contributed by atoms with Crippen LogP contribution >= 0.6 is 0 Å². The van der Waals surface area contributed by atoms with E-state index in [9.17, 15) is 4.79 Å². The van der Waals surface area contributed by atoms with Crippen LogP contribution in [0.5, 0.6) is 0 Å². The van der Waals surface area contributed by atoms with Crippen LogP contribution in [0.1, 0.15) is 51.4 Å². The summed E-state index contributed by atoms with van der Waals surface area (Å²) in [5.41, 5.74) is -0.492. The minimum Gasteiger partial charge on any atom is -0.351 e. The van der Waals surface area contributed by atoms with Gasteiger partial charge in [0.1, 0.15) is 5.54 Å². The largest absolute Gasteiger partial charge is 0.351 e. The van der Waals surface area contributed by atoms with E-state index in [-0.39, 0.29) is 5.91 Å². The first-order chi connectivity index (χ1) is 11.3. The molecule has 2 aliphatic carbocycles. The fraction of sp³-hybridized carbons (Fsp3) is 0.778. The van der Waals surface area contributed by atoms with Gasteiger partial charge < -0.3 is 10.6 Å². The number of rotatable bonds is 4. The van der Waals surface area contributed by atoms with Crippen LogP contribution in [0, 0.1) is 11.8 Å². The average molecular weight is 316 g/mol. The van der Waals surface area contributed by atoms with E-state index in [4.69, 9.17) is 0 Å². The smallest absolute Gasteiger partial charge is 0.248 e. The first-order valence-electron chi connectivity index (χ1n) is 9.31. The van der Waals surface area contributed by atoms with Gasteiger partial charge in [-0.2, -0.15) is 5.10 Å². The van der Waals surface area contributed by atoms with Crippen LogP contribution in [0.3, 0.4) is 0 Å². The molecule has 1 aromatic rings. The second-order valence-corrected chi connectivity index (χ2v) is 7.61. The molecule has 4 rings (SSSR count). The topological polar surface area (TPSA) is 59.0 Å². The first kappa shape index (κ1) is 15.2. The zero-order valence-corrected chi connectivity index (χ0v) is 13.8. The Labute approximate surface area is 138 Å². The Balaban J connectivity index is 1.42. The highest BCUT2D eigenvalue weighted by molar-refractivity contribution is 5.85. The predicted molar refractivity (Wildman–Crippen MR) is 88.9 cm³/mol. The molecular weight excluding hydrogens is 288 g/mol. The van der Waals surface area contributed by atoms with Crippen molar-refractivity contribution in [3.05, 3.63) is 18.5 Å². The van der Waals surface area contributed by atoms with Gasteiger partial charge in [-0.15, -0.1) is 0 Å². The minimum absolute atomic E-state index is 0.186. The van der Waals surface area contributed by atoms with Gasteiger partial charge in [0.05, 0.1) is 0 Å². The lowest BCUT2D eigenvalue weighted by Crippen LogP contribution is -2.55. The number of hydrogen-bond acceptors (Lipinski definition) is 3. The molecule has 2 unspecified atom stereocenters. The maximum absolute atomic E-state index is 13.1. The van der Waals surface area contributed by atoms with Gasteiger partial charge >= 0.3 is 0 Å². The van der Waals surface area contributed by atoms with E-state index in [1.54, 1.807) is 6.20 Å². The summed E-state index contributed by atoms with van der Waals surface area (Å²) in [7, 11) is 0. The van der Waals surface area contributed by atoms with Crippen LogP contribution in [0.4, 0.5) is 0 Å². The summed E-state index contributed by atoms with van der Waals surface area (Å²) in [6.45, 7) is 1.76. The maximum atomic E-state index is 13.1. The van der Waals surface area contributed by atoms with E-state index in [0.29, 0.717) is 6.04 Å². The van der Waals surface area contributed by atoms with Crippen molar-refractivity contribution in [2.75, 3.05) is 13.1 Å².